The summed E-state index contributed by atoms with van der Waals surface area (Å²) in [6, 6.07) is 7.23. The van der Waals surface area contributed by atoms with Crippen molar-refractivity contribution in [2.24, 2.45) is 0 Å². The molecule has 0 bridgehead atoms. The van der Waals surface area contributed by atoms with Gasteiger partial charge in [0.15, 0.2) is 11.5 Å². The lowest BCUT2D eigenvalue weighted by atomic mass is 10.0. The first-order valence-corrected chi connectivity index (χ1v) is 10.8. The molecular formula is C19H17ClF3NO4S. The van der Waals surface area contributed by atoms with E-state index in [-0.39, 0.29) is 11.6 Å². The quantitative estimate of drug-likeness (QED) is 0.687. The van der Waals surface area contributed by atoms with E-state index in [0.29, 0.717) is 49.2 Å². The third-order valence-electron chi connectivity index (χ3n) is 4.99. The van der Waals surface area contributed by atoms with Crippen LogP contribution in [0.3, 0.4) is 0 Å². The minimum atomic E-state index is -4.85. The first-order valence-electron chi connectivity index (χ1n) is 8.96. The molecule has 1 fully saturated rings. The molecular weight excluding hydrogens is 431 g/mol. The van der Waals surface area contributed by atoms with Crippen molar-refractivity contribution < 1.29 is 31.1 Å². The van der Waals surface area contributed by atoms with Crippen LogP contribution in [0.25, 0.3) is 0 Å². The highest BCUT2D eigenvalue weighted by molar-refractivity contribution is 7.89. The topological polar surface area (TPSA) is 55.8 Å². The molecule has 2 aliphatic heterocycles. The molecule has 156 valence electrons. The van der Waals surface area contributed by atoms with Gasteiger partial charge in [0.05, 0.1) is 16.5 Å². The number of rotatable bonds is 3. The van der Waals surface area contributed by atoms with Crippen molar-refractivity contribution in [2.45, 2.75) is 30.0 Å². The lowest BCUT2D eigenvalue weighted by Gasteiger charge is -2.27. The summed E-state index contributed by atoms with van der Waals surface area (Å²) < 4.78 is 79.0. The molecule has 5 nitrogen and oxygen atoms in total. The summed E-state index contributed by atoms with van der Waals surface area (Å²) in [5, 5.41) is -0.180. The van der Waals surface area contributed by atoms with Gasteiger partial charge in [-0.05, 0) is 48.7 Å². The average molecular weight is 448 g/mol. The molecule has 1 atom stereocenters. The number of hydrogen-bond donors (Lipinski definition) is 0. The standard InChI is InChI=1S/C19H17ClF3NO4S/c20-13-4-6-18(14(11-13)19(21,22)23)29(25,26)24-7-1-2-15(24)12-3-5-16-17(10-12)28-9-8-27-16/h3-6,10-11,15H,1-2,7-9H2/t15-/m0/s1. The molecule has 0 N–H and O–H groups in total. The summed E-state index contributed by atoms with van der Waals surface area (Å²) in [5.41, 5.74) is -0.615. The molecule has 2 aliphatic rings. The second kappa shape index (κ2) is 7.37. The van der Waals surface area contributed by atoms with Gasteiger partial charge in [-0.15, -0.1) is 0 Å². The molecule has 0 unspecified atom stereocenters. The Hall–Kier alpha value is -1.97. The Morgan fingerprint density at radius 3 is 2.48 bits per heavy atom. The van der Waals surface area contributed by atoms with Crippen LogP contribution in [0.1, 0.15) is 30.0 Å². The van der Waals surface area contributed by atoms with E-state index in [1.54, 1.807) is 18.2 Å². The summed E-state index contributed by atoms with van der Waals surface area (Å²) in [5.74, 6) is 1.06. The molecule has 0 radical (unpaired) electrons. The van der Waals surface area contributed by atoms with E-state index in [1.807, 2.05) is 0 Å². The van der Waals surface area contributed by atoms with Gasteiger partial charge in [-0.1, -0.05) is 17.7 Å². The van der Waals surface area contributed by atoms with Gasteiger partial charge >= 0.3 is 6.18 Å². The number of alkyl halides is 3. The van der Waals surface area contributed by atoms with Crippen LogP contribution in [0.2, 0.25) is 5.02 Å². The summed E-state index contributed by atoms with van der Waals surface area (Å²) in [6.07, 6.45) is -3.82. The minimum Gasteiger partial charge on any atom is -0.486 e. The molecule has 4 rings (SSSR count). The fourth-order valence-corrected chi connectivity index (χ4v) is 5.75. The van der Waals surface area contributed by atoms with Crippen LogP contribution in [0.15, 0.2) is 41.3 Å². The Morgan fingerprint density at radius 2 is 1.76 bits per heavy atom. The van der Waals surface area contributed by atoms with E-state index in [9.17, 15) is 21.6 Å². The Labute approximate surface area is 171 Å². The van der Waals surface area contributed by atoms with Gasteiger partial charge in [-0.2, -0.15) is 17.5 Å². The predicted molar refractivity (Wildman–Crippen MR) is 99.8 cm³/mol. The molecule has 0 spiro atoms. The van der Waals surface area contributed by atoms with Crippen molar-refractivity contribution in [3.8, 4) is 11.5 Å². The number of halogens is 4. The van der Waals surface area contributed by atoms with Crippen LogP contribution < -0.4 is 9.47 Å². The fourth-order valence-electron chi connectivity index (χ4n) is 3.70. The largest absolute Gasteiger partial charge is 0.486 e. The molecule has 0 amide bonds. The summed E-state index contributed by atoms with van der Waals surface area (Å²) in [6.45, 7) is 0.928. The first kappa shape index (κ1) is 20.3. The maximum Gasteiger partial charge on any atom is 0.417 e. The van der Waals surface area contributed by atoms with Crippen molar-refractivity contribution in [2.75, 3.05) is 19.8 Å². The molecule has 2 heterocycles. The van der Waals surface area contributed by atoms with Crippen LogP contribution in [0.4, 0.5) is 13.2 Å². The predicted octanol–water partition coefficient (Wildman–Crippen LogP) is 4.66. The van der Waals surface area contributed by atoms with Gasteiger partial charge in [0.2, 0.25) is 10.0 Å². The van der Waals surface area contributed by atoms with E-state index in [1.165, 1.54) is 0 Å². The Kier molecular flexibility index (Phi) is 5.16. The normalized spacial score (nSPS) is 20.1. The van der Waals surface area contributed by atoms with E-state index in [2.05, 4.69) is 0 Å². The fraction of sp³-hybridized carbons (Fsp3) is 0.368. The smallest absolute Gasteiger partial charge is 0.417 e. The number of benzene rings is 2. The highest BCUT2D eigenvalue weighted by Gasteiger charge is 2.43. The van der Waals surface area contributed by atoms with Gasteiger partial charge in [-0.3, -0.25) is 0 Å². The molecule has 0 aromatic heterocycles. The molecule has 0 aliphatic carbocycles. The SMILES string of the molecule is O=S(=O)(c1ccc(Cl)cc1C(F)(F)F)N1CCC[C@H]1c1ccc2c(c1)OCCO2. The minimum absolute atomic E-state index is 0.126. The third kappa shape index (κ3) is 3.78. The van der Waals surface area contributed by atoms with Crippen LogP contribution >= 0.6 is 11.6 Å². The van der Waals surface area contributed by atoms with E-state index in [0.717, 1.165) is 16.4 Å². The zero-order valence-corrected chi connectivity index (χ0v) is 16.6. The van der Waals surface area contributed by atoms with Crippen molar-refractivity contribution in [3.63, 3.8) is 0 Å². The molecule has 29 heavy (non-hydrogen) atoms. The molecule has 0 saturated carbocycles. The second-order valence-corrected chi connectivity index (χ2v) is 9.11. The van der Waals surface area contributed by atoms with Gasteiger partial charge in [0.1, 0.15) is 13.2 Å². The number of hydrogen-bond acceptors (Lipinski definition) is 4. The number of ether oxygens (including phenoxy) is 2. The lowest BCUT2D eigenvalue weighted by Crippen LogP contribution is -2.32. The molecule has 1 saturated heterocycles. The van der Waals surface area contributed by atoms with Crippen molar-refractivity contribution in [1.29, 1.82) is 0 Å². The molecule has 10 heteroatoms. The molecule has 2 aromatic carbocycles. The average Bonchev–Trinajstić information content (AvgIpc) is 3.17. The first-order chi connectivity index (χ1) is 13.7. The zero-order valence-electron chi connectivity index (χ0n) is 15.1. The van der Waals surface area contributed by atoms with Crippen molar-refractivity contribution >= 4 is 21.6 Å². The highest BCUT2D eigenvalue weighted by Crippen LogP contribution is 2.43. The second-order valence-electron chi connectivity index (χ2n) is 6.82. The van der Waals surface area contributed by atoms with Gasteiger partial charge in [-0.25, -0.2) is 8.42 Å². The Bertz CT molecular complexity index is 1040. The van der Waals surface area contributed by atoms with Crippen LogP contribution in [-0.2, 0) is 16.2 Å². The van der Waals surface area contributed by atoms with Crippen LogP contribution in [0.5, 0.6) is 11.5 Å². The Morgan fingerprint density at radius 1 is 1.03 bits per heavy atom. The zero-order chi connectivity index (χ0) is 20.8. The number of nitrogens with zero attached hydrogens (tertiary/aromatic N) is 1. The maximum absolute atomic E-state index is 13.5. The monoisotopic (exact) mass is 447 g/mol. The van der Waals surface area contributed by atoms with E-state index >= 15 is 0 Å². The summed E-state index contributed by atoms with van der Waals surface area (Å²) >= 11 is 5.69. The van der Waals surface area contributed by atoms with Gasteiger partial charge < -0.3 is 9.47 Å². The van der Waals surface area contributed by atoms with E-state index < -0.39 is 32.7 Å². The highest BCUT2D eigenvalue weighted by atomic mass is 35.5. The summed E-state index contributed by atoms with van der Waals surface area (Å²) in [7, 11) is -4.41. The Balaban J connectivity index is 1.74. The number of sulfonamides is 1. The van der Waals surface area contributed by atoms with Crippen molar-refractivity contribution in [3.05, 3.63) is 52.5 Å². The van der Waals surface area contributed by atoms with Crippen LogP contribution in [-0.4, -0.2) is 32.5 Å². The molecule has 2 aromatic rings. The van der Waals surface area contributed by atoms with Crippen molar-refractivity contribution in [1.82, 2.24) is 4.31 Å². The van der Waals surface area contributed by atoms with E-state index in [4.69, 9.17) is 21.1 Å². The lowest BCUT2D eigenvalue weighted by molar-refractivity contribution is -0.139. The van der Waals surface area contributed by atoms with Gasteiger partial charge in [0, 0.05) is 11.6 Å². The third-order valence-corrected chi connectivity index (χ3v) is 7.19. The summed E-state index contributed by atoms with van der Waals surface area (Å²) in [4.78, 5) is -0.793. The van der Waals surface area contributed by atoms with Gasteiger partial charge in [0.25, 0.3) is 0 Å². The number of fused-ring (bicyclic) bond motifs is 1. The maximum atomic E-state index is 13.5. The van der Waals surface area contributed by atoms with Crippen LogP contribution in [0, 0.1) is 0 Å².